The molecule has 1 aromatic heterocycles. The van der Waals surface area contributed by atoms with Crippen LogP contribution in [0.15, 0.2) is 164 Å². The Balaban J connectivity index is 1.32. The first-order valence-corrected chi connectivity index (χ1v) is 16.4. The first kappa shape index (κ1) is 29.1. The Morgan fingerprint density at radius 3 is 1.76 bits per heavy atom. The summed E-state index contributed by atoms with van der Waals surface area (Å²) in [5.41, 5.74) is 9.44. The van der Waals surface area contributed by atoms with Crippen LogP contribution < -0.4 is 4.90 Å². The Kier molecular flexibility index (Phi) is 6.75. The maximum absolute atomic E-state index is 15.1. The molecule has 2 amide bonds. The smallest absolute Gasteiger partial charge is 0.268 e. The Bertz CT molecular complexity index is 2640. The molecule has 0 unspecified atom stereocenters. The summed E-state index contributed by atoms with van der Waals surface area (Å²) in [6, 6.07) is 55.2. The second kappa shape index (κ2) is 11.6. The largest absolute Gasteiger partial charge is 0.308 e. The van der Waals surface area contributed by atoms with Crippen molar-refractivity contribution in [3.05, 3.63) is 180 Å². The van der Waals surface area contributed by atoms with Crippen LogP contribution in [-0.2, 0) is 0 Å². The van der Waals surface area contributed by atoms with Gasteiger partial charge < -0.3 is 4.57 Å². The summed E-state index contributed by atoms with van der Waals surface area (Å²) in [5, 5.41) is 11.7. The highest BCUT2D eigenvalue weighted by Gasteiger charge is 2.41. The van der Waals surface area contributed by atoms with Crippen molar-refractivity contribution in [2.45, 2.75) is 0 Å². The van der Waals surface area contributed by atoms with Crippen molar-refractivity contribution < 1.29 is 9.59 Å². The number of hydrogen-bond acceptors (Lipinski definition) is 3. The second-order valence-electron chi connectivity index (χ2n) is 12.3. The van der Waals surface area contributed by atoms with Gasteiger partial charge >= 0.3 is 0 Å². The number of carbonyl (C=O) groups excluding carboxylic acids is 2. The van der Waals surface area contributed by atoms with E-state index in [1.54, 1.807) is 12.1 Å². The Hall–Kier alpha value is -7.03. The molecule has 9 rings (SSSR count). The minimum absolute atomic E-state index is 0.350. The lowest BCUT2D eigenvalue weighted by atomic mass is 9.95. The molecule has 50 heavy (non-hydrogen) atoms. The monoisotopic (exact) mass is 641 g/mol. The Morgan fingerprint density at radius 2 is 1.04 bits per heavy atom. The van der Waals surface area contributed by atoms with Gasteiger partial charge in [-0.2, -0.15) is 5.26 Å². The van der Waals surface area contributed by atoms with Crippen LogP contribution in [-0.4, -0.2) is 16.4 Å². The minimum Gasteiger partial charge on any atom is -0.308 e. The highest BCUT2D eigenvalue weighted by molar-refractivity contribution is 6.37. The van der Waals surface area contributed by atoms with E-state index >= 15 is 4.79 Å². The number of hydrogen-bond donors (Lipinski definition) is 0. The lowest BCUT2D eigenvalue weighted by molar-refractivity contribution is 0.0926. The van der Waals surface area contributed by atoms with E-state index in [0.717, 1.165) is 55.2 Å². The minimum atomic E-state index is -0.379. The predicted molar refractivity (Wildman–Crippen MR) is 199 cm³/mol. The van der Waals surface area contributed by atoms with Crippen LogP contribution in [0.25, 0.3) is 60.9 Å². The van der Waals surface area contributed by atoms with Gasteiger partial charge in [0.25, 0.3) is 11.8 Å². The van der Waals surface area contributed by atoms with Gasteiger partial charge in [0.05, 0.1) is 45.2 Å². The lowest BCUT2D eigenvalue weighted by Crippen LogP contribution is -2.30. The molecule has 8 aromatic rings. The van der Waals surface area contributed by atoms with Gasteiger partial charge in [-0.15, -0.1) is 0 Å². The molecular weight excluding hydrogens is 615 g/mol. The molecule has 1 aliphatic heterocycles. The summed E-state index contributed by atoms with van der Waals surface area (Å²) in [7, 11) is 0. The molecule has 234 valence electrons. The fraction of sp³-hybridized carbons (Fsp3) is 0. The van der Waals surface area contributed by atoms with Gasteiger partial charge in [0.1, 0.15) is 0 Å². The molecule has 0 radical (unpaired) electrons. The van der Waals surface area contributed by atoms with Crippen LogP contribution in [0.1, 0.15) is 26.3 Å². The Morgan fingerprint density at radius 1 is 0.480 bits per heavy atom. The highest BCUT2D eigenvalue weighted by atomic mass is 16.2. The molecule has 7 aromatic carbocycles. The van der Waals surface area contributed by atoms with Gasteiger partial charge in [-0.1, -0.05) is 133 Å². The van der Waals surface area contributed by atoms with Crippen LogP contribution in [0, 0.1) is 11.3 Å². The average molecular weight is 642 g/mol. The Labute approximate surface area is 288 Å². The third-order valence-electron chi connectivity index (χ3n) is 9.56. The first-order valence-electron chi connectivity index (χ1n) is 16.4. The predicted octanol–water partition coefficient (Wildman–Crippen LogP) is 10.5. The molecule has 0 aliphatic carbocycles. The maximum Gasteiger partial charge on any atom is 0.268 e. The normalized spacial score (nSPS) is 12.4. The summed E-state index contributed by atoms with van der Waals surface area (Å²) in [6.45, 7) is 0. The number of nitriles is 1. The number of fused-ring (bicyclic) bond motifs is 4. The summed E-state index contributed by atoms with van der Waals surface area (Å²) < 4.78 is 2.10. The van der Waals surface area contributed by atoms with Crippen molar-refractivity contribution in [2.75, 3.05) is 4.90 Å². The molecule has 0 spiro atoms. The van der Waals surface area contributed by atoms with E-state index in [1.807, 2.05) is 140 Å². The van der Waals surface area contributed by atoms with Gasteiger partial charge in [0.2, 0.25) is 0 Å². The van der Waals surface area contributed by atoms with Gasteiger partial charge in [0, 0.05) is 27.5 Å². The van der Waals surface area contributed by atoms with Gasteiger partial charge in [-0.3, -0.25) is 9.59 Å². The van der Waals surface area contributed by atoms with E-state index in [2.05, 4.69) is 22.8 Å². The summed E-state index contributed by atoms with van der Waals surface area (Å²) in [4.78, 5) is 31.1. The summed E-state index contributed by atoms with van der Waals surface area (Å²) in [6.07, 6.45) is 0. The molecule has 0 saturated carbocycles. The van der Waals surface area contributed by atoms with Crippen molar-refractivity contribution in [3.63, 3.8) is 0 Å². The SMILES string of the molecule is N#Cc1cccc(-c2cccc3c4ccccc4n(-c4cccc5c4C(=O)N(c4c(-c6ccccc6)cccc4-c4ccccc4)C5=O)c23)c1. The second-order valence-corrected chi connectivity index (χ2v) is 12.3. The number of para-hydroxylation sites is 3. The van der Waals surface area contributed by atoms with Gasteiger partial charge in [-0.05, 0) is 47.0 Å². The van der Waals surface area contributed by atoms with Crippen LogP contribution >= 0.6 is 0 Å². The third-order valence-corrected chi connectivity index (χ3v) is 9.56. The number of anilines is 1. The first-order chi connectivity index (χ1) is 24.6. The van der Waals surface area contributed by atoms with Gasteiger partial charge in [-0.25, -0.2) is 4.90 Å². The van der Waals surface area contributed by atoms with Crippen molar-refractivity contribution >= 4 is 39.3 Å². The molecule has 2 heterocycles. The van der Waals surface area contributed by atoms with Crippen molar-refractivity contribution in [2.24, 2.45) is 0 Å². The number of carbonyl (C=O) groups is 2. The zero-order chi connectivity index (χ0) is 33.8. The van der Waals surface area contributed by atoms with Crippen molar-refractivity contribution in [1.29, 1.82) is 5.26 Å². The maximum atomic E-state index is 15.1. The zero-order valence-electron chi connectivity index (χ0n) is 26.7. The van der Waals surface area contributed by atoms with Crippen LogP contribution in [0.4, 0.5) is 5.69 Å². The molecular formula is C45H27N3O2. The lowest BCUT2D eigenvalue weighted by Gasteiger charge is -2.23. The molecule has 1 aliphatic rings. The quantitative estimate of drug-likeness (QED) is 0.176. The fourth-order valence-electron chi connectivity index (χ4n) is 7.40. The van der Waals surface area contributed by atoms with Crippen molar-refractivity contribution in [3.8, 4) is 45.1 Å². The van der Waals surface area contributed by atoms with Gasteiger partial charge in [0.15, 0.2) is 0 Å². The molecule has 0 bridgehead atoms. The van der Waals surface area contributed by atoms with Crippen molar-refractivity contribution in [1.82, 2.24) is 4.57 Å². The number of rotatable bonds is 5. The van der Waals surface area contributed by atoms with E-state index < -0.39 is 0 Å². The number of imide groups is 1. The topological polar surface area (TPSA) is 66.1 Å². The molecule has 5 nitrogen and oxygen atoms in total. The molecule has 0 atom stereocenters. The summed E-state index contributed by atoms with van der Waals surface area (Å²) >= 11 is 0. The van der Waals surface area contributed by atoms with E-state index in [4.69, 9.17) is 0 Å². The molecule has 0 saturated heterocycles. The van der Waals surface area contributed by atoms with E-state index in [-0.39, 0.29) is 11.8 Å². The number of benzene rings is 7. The van der Waals surface area contributed by atoms with E-state index in [9.17, 15) is 10.1 Å². The third kappa shape index (κ3) is 4.40. The highest BCUT2D eigenvalue weighted by Crippen LogP contribution is 2.45. The van der Waals surface area contributed by atoms with E-state index in [1.165, 1.54) is 4.90 Å². The number of nitrogens with zero attached hydrogens (tertiary/aromatic N) is 3. The molecule has 0 fully saturated rings. The van der Waals surface area contributed by atoms with Crippen LogP contribution in [0.5, 0.6) is 0 Å². The van der Waals surface area contributed by atoms with Crippen LogP contribution in [0.3, 0.4) is 0 Å². The van der Waals surface area contributed by atoms with E-state index in [0.29, 0.717) is 28.1 Å². The zero-order valence-corrected chi connectivity index (χ0v) is 26.7. The summed E-state index contributed by atoms with van der Waals surface area (Å²) in [5.74, 6) is -0.744. The fourth-order valence-corrected chi connectivity index (χ4v) is 7.40. The van der Waals surface area contributed by atoms with Crippen LogP contribution in [0.2, 0.25) is 0 Å². The molecule has 0 N–H and O–H groups in total. The number of amides is 2. The molecule has 5 heteroatoms. The standard InChI is InChI=1S/C45H27N3O2/c46-28-29-13-9-18-32(27-29)35-22-11-23-37-36-19-7-8-25-39(36)47(43(35)37)40-26-12-24-38-41(40)45(50)48(44(38)49)42-33(30-14-3-1-4-15-30)20-10-21-34(42)31-16-5-2-6-17-31/h1-27H. The average Bonchev–Trinajstić information content (AvgIpc) is 3.65. The number of aromatic nitrogens is 1.